The number of nitrogens with zero attached hydrogens (tertiary/aromatic N) is 4. The van der Waals surface area contributed by atoms with Crippen LogP contribution in [0.25, 0.3) is 0 Å². The predicted molar refractivity (Wildman–Crippen MR) is 114 cm³/mol. The van der Waals surface area contributed by atoms with Crippen LogP contribution in [0.5, 0.6) is 0 Å². The smallest absolute Gasteiger partial charge is 0.242 e. The predicted octanol–water partition coefficient (Wildman–Crippen LogP) is 2.94. The van der Waals surface area contributed by atoms with E-state index in [0.29, 0.717) is 17.5 Å². The highest BCUT2D eigenvalue weighted by Crippen LogP contribution is 2.27. The number of sulfonamides is 1. The zero-order chi connectivity index (χ0) is 21.7. The minimum Gasteiger partial charge on any atom is -0.467 e. The number of benzene rings is 1. The molecule has 0 aliphatic carbocycles. The molecule has 2 heterocycles. The van der Waals surface area contributed by atoms with Crippen molar-refractivity contribution in [1.82, 2.24) is 19.1 Å². The van der Waals surface area contributed by atoms with Gasteiger partial charge in [0.1, 0.15) is 12.1 Å². The van der Waals surface area contributed by atoms with Gasteiger partial charge < -0.3 is 14.3 Å². The Balaban J connectivity index is 1.58. The van der Waals surface area contributed by atoms with Crippen molar-refractivity contribution in [2.24, 2.45) is 0 Å². The number of hydrogen-bond acceptors (Lipinski definition) is 7. The van der Waals surface area contributed by atoms with E-state index in [4.69, 9.17) is 16.0 Å². The number of carbonyl (C=O) groups is 1. The maximum absolute atomic E-state index is 12.3. The molecule has 2 aromatic heterocycles. The summed E-state index contributed by atoms with van der Waals surface area (Å²) < 4.78 is 32.8. The molecule has 30 heavy (non-hydrogen) atoms. The van der Waals surface area contributed by atoms with Crippen molar-refractivity contribution < 1.29 is 17.6 Å². The quantitative estimate of drug-likeness (QED) is 0.479. The maximum atomic E-state index is 12.3. The van der Waals surface area contributed by atoms with Gasteiger partial charge in [-0.15, -0.1) is 10.2 Å². The number of thioether (sulfide) groups is 1. The highest BCUT2D eigenvalue weighted by Gasteiger charge is 2.19. The normalized spacial score (nSPS) is 11.7. The topological polar surface area (TPSA) is 110 Å². The van der Waals surface area contributed by atoms with E-state index < -0.39 is 10.0 Å². The van der Waals surface area contributed by atoms with Crippen LogP contribution in [-0.4, -0.2) is 53.2 Å². The van der Waals surface area contributed by atoms with Crippen LogP contribution in [0.2, 0.25) is 5.02 Å². The Morgan fingerprint density at radius 3 is 2.83 bits per heavy atom. The van der Waals surface area contributed by atoms with Crippen LogP contribution in [0.15, 0.2) is 57.4 Å². The van der Waals surface area contributed by atoms with E-state index >= 15 is 0 Å². The third kappa shape index (κ3) is 5.42. The van der Waals surface area contributed by atoms with Crippen LogP contribution in [0.4, 0.5) is 5.69 Å². The highest BCUT2D eigenvalue weighted by atomic mass is 35.5. The minimum absolute atomic E-state index is 0.0487. The second kappa shape index (κ2) is 9.65. The van der Waals surface area contributed by atoms with Gasteiger partial charge in [-0.1, -0.05) is 23.4 Å². The van der Waals surface area contributed by atoms with Gasteiger partial charge in [0.05, 0.1) is 28.4 Å². The number of hydrogen-bond donors (Lipinski definition) is 1. The van der Waals surface area contributed by atoms with Gasteiger partial charge in [0.15, 0.2) is 5.16 Å². The first-order valence-corrected chi connectivity index (χ1v) is 11.6. The monoisotopic (exact) mass is 469 g/mol. The minimum atomic E-state index is -3.63. The number of aromatic nitrogens is 3. The SMILES string of the molecule is CN(C)S(=O)(=O)c1ccc(Cl)c(NC(=O)CCSc2nncn2Cc2ccco2)c1. The van der Waals surface area contributed by atoms with E-state index in [-0.39, 0.29) is 27.9 Å². The van der Waals surface area contributed by atoms with Crippen molar-refractivity contribution in [1.29, 1.82) is 0 Å². The molecule has 3 aromatic rings. The zero-order valence-electron chi connectivity index (χ0n) is 16.3. The van der Waals surface area contributed by atoms with E-state index in [2.05, 4.69) is 15.5 Å². The van der Waals surface area contributed by atoms with Gasteiger partial charge in [-0.3, -0.25) is 4.79 Å². The lowest BCUT2D eigenvalue weighted by Crippen LogP contribution is -2.22. The fraction of sp³-hybridized carbons (Fsp3) is 0.278. The molecule has 12 heteroatoms. The number of rotatable bonds is 9. The van der Waals surface area contributed by atoms with Crippen molar-refractivity contribution in [2.75, 3.05) is 25.2 Å². The maximum Gasteiger partial charge on any atom is 0.242 e. The average Bonchev–Trinajstić information content (AvgIpc) is 3.36. The molecule has 1 aromatic carbocycles. The molecule has 1 amide bonds. The van der Waals surface area contributed by atoms with E-state index in [1.165, 1.54) is 44.1 Å². The molecule has 0 fully saturated rings. The molecule has 160 valence electrons. The van der Waals surface area contributed by atoms with E-state index in [0.717, 1.165) is 10.1 Å². The zero-order valence-corrected chi connectivity index (χ0v) is 18.7. The molecule has 0 saturated heterocycles. The Hall–Kier alpha value is -2.34. The first kappa shape index (κ1) is 22.3. The Labute approximate surface area is 183 Å². The molecule has 0 aliphatic heterocycles. The van der Waals surface area contributed by atoms with Crippen molar-refractivity contribution in [3.8, 4) is 0 Å². The summed E-state index contributed by atoms with van der Waals surface area (Å²) >= 11 is 7.50. The summed E-state index contributed by atoms with van der Waals surface area (Å²) in [5, 5.41) is 11.5. The molecule has 1 N–H and O–H groups in total. The van der Waals surface area contributed by atoms with E-state index in [1.54, 1.807) is 18.7 Å². The summed E-state index contributed by atoms with van der Waals surface area (Å²) in [5.74, 6) is 0.938. The molecule has 9 nitrogen and oxygen atoms in total. The summed E-state index contributed by atoms with van der Waals surface area (Å²) in [4.78, 5) is 12.4. The van der Waals surface area contributed by atoms with Crippen LogP contribution in [0.3, 0.4) is 0 Å². The lowest BCUT2D eigenvalue weighted by atomic mass is 10.3. The Bertz CT molecular complexity index is 1110. The lowest BCUT2D eigenvalue weighted by molar-refractivity contribution is -0.115. The number of furan rings is 1. The van der Waals surface area contributed by atoms with Crippen molar-refractivity contribution >= 4 is 45.0 Å². The van der Waals surface area contributed by atoms with Gasteiger partial charge in [0.25, 0.3) is 0 Å². The van der Waals surface area contributed by atoms with E-state index in [9.17, 15) is 13.2 Å². The van der Waals surface area contributed by atoms with Crippen LogP contribution >= 0.6 is 23.4 Å². The second-order valence-electron chi connectivity index (χ2n) is 6.40. The van der Waals surface area contributed by atoms with Crippen molar-refractivity contribution in [3.63, 3.8) is 0 Å². The number of amides is 1. The van der Waals surface area contributed by atoms with Crippen molar-refractivity contribution in [2.45, 2.75) is 23.0 Å². The summed E-state index contributed by atoms with van der Waals surface area (Å²) in [5.41, 5.74) is 0.246. The fourth-order valence-corrected chi connectivity index (χ4v) is 4.40. The number of halogens is 1. The van der Waals surface area contributed by atoms with Gasteiger partial charge in [-0.05, 0) is 30.3 Å². The molecular weight excluding hydrogens is 450 g/mol. The lowest BCUT2D eigenvalue weighted by Gasteiger charge is -2.13. The molecule has 3 rings (SSSR count). The number of nitrogens with one attached hydrogen (secondary N) is 1. The molecule has 0 aliphatic rings. The fourth-order valence-electron chi connectivity index (χ4n) is 2.45. The molecule has 0 radical (unpaired) electrons. The first-order chi connectivity index (χ1) is 14.3. The van der Waals surface area contributed by atoms with Gasteiger partial charge in [0.2, 0.25) is 15.9 Å². The number of carbonyl (C=O) groups excluding carboxylic acids is 1. The van der Waals surface area contributed by atoms with Gasteiger partial charge in [-0.2, -0.15) is 0 Å². The Kier molecular flexibility index (Phi) is 7.19. The van der Waals surface area contributed by atoms with Crippen LogP contribution in [-0.2, 0) is 21.4 Å². The van der Waals surface area contributed by atoms with Crippen molar-refractivity contribution in [3.05, 3.63) is 53.7 Å². The highest BCUT2D eigenvalue weighted by molar-refractivity contribution is 7.99. The van der Waals surface area contributed by atoms with E-state index in [1.807, 2.05) is 10.6 Å². The summed E-state index contributed by atoms with van der Waals surface area (Å²) in [6, 6.07) is 7.86. The van der Waals surface area contributed by atoms with Crippen LogP contribution < -0.4 is 5.32 Å². The van der Waals surface area contributed by atoms with Gasteiger partial charge in [-0.25, -0.2) is 12.7 Å². The Morgan fingerprint density at radius 1 is 1.33 bits per heavy atom. The Morgan fingerprint density at radius 2 is 2.13 bits per heavy atom. The molecular formula is C18H20ClN5O4S2. The molecule has 0 unspecified atom stereocenters. The summed E-state index contributed by atoms with van der Waals surface area (Å²) in [6.07, 6.45) is 3.38. The molecule has 0 saturated carbocycles. The second-order valence-corrected chi connectivity index (χ2v) is 10.0. The molecule has 0 atom stereocenters. The largest absolute Gasteiger partial charge is 0.467 e. The molecule has 0 bridgehead atoms. The van der Waals surface area contributed by atoms with Gasteiger partial charge in [0, 0.05) is 26.3 Å². The third-order valence-electron chi connectivity index (χ3n) is 4.04. The summed E-state index contributed by atoms with van der Waals surface area (Å²) in [7, 11) is -0.762. The standard InChI is InChI=1S/C18H20ClN5O4S2/c1-23(2)30(26,27)14-5-6-15(19)16(10-14)21-17(25)7-9-29-18-22-20-12-24(18)11-13-4-3-8-28-13/h3-6,8,10,12H,7,9,11H2,1-2H3,(H,21,25). The average molecular weight is 470 g/mol. The molecule has 0 spiro atoms. The third-order valence-corrected chi connectivity index (χ3v) is 7.16. The van der Waals surface area contributed by atoms with Gasteiger partial charge >= 0.3 is 0 Å². The number of anilines is 1. The first-order valence-electron chi connectivity index (χ1n) is 8.82. The van der Waals surface area contributed by atoms with Crippen LogP contribution in [0, 0.1) is 0 Å². The van der Waals surface area contributed by atoms with Crippen LogP contribution in [0.1, 0.15) is 12.2 Å². The summed E-state index contributed by atoms with van der Waals surface area (Å²) in [6.45, 7) is 0.497.